The minimum absolute atomic E-state index is 0.0340. The summed E-state index contributed by atoms with van der Waals surface area (Å²) < 4.78 is 10.8. The lowest BCUT2D eigenvalue weighted by atomic mass is 9.93. The number of ether oxygens (including phenoxy) is 2. The van der Waals surface area contributed by atoms with Gasteiger partial charge in [0, 0.05) is 27.8 Å². The van der Waals surface area contributed by atoms with Gasteiger partial charge in [-0.2, -0.15) is 0 Å². The Balaban J connectivity index is 1.54. The van der Waals surface area contributed by atoms with Crippen LogP contribution < -0.4 is 14.8 Å². The van der Waals surface area contributed by atoms with Gasteiger partial charge in [0.05, 0.1) is 36.9 Å². The molecule has 1 unspecified atom stereocenters. The number of benzene rings is 4. The minimum Gasteiger partial charge on any atom is -0.497 e. The fourth-order valence-electron chi connectivity index (χ4n) is 5.07. The number of hydrogen-bond acceptors (Lipinski definition) is 5. The molecule has 9 heteroatoms. The summed E-state index contributed by atoms with van der Waals surface area (Å²) in [7, 11) is 3.18. The summed E-state index contributed by atoms with van der Waals surface area (Å²) in [5, 5.41) is 13.7. The van der Waals surface area contributed by atoms with Crippen molar-refractivity contribution in [2.24, 2.45) is 0 Å². The molecule has 0 saturated heterocycles. The van der Waals surface area contributed by atoms with E-state index >= 15 is 0 Å². The number of nitrogens with zero attached hydrogens (tertiary/aromatic N) is 1. The predicted molar refractivity (Wildman–Crippen MR) is 164 cm³/mol. The molecule has 8 nitrogen and oxygen atoms in total. The van der Waals surface area contributed by atoms with Crippen molar-refractivity contribution in [3.05, 3.63) is 101 Å². The third kappa shape index (κ3) is 5.80. The maximum absolute atomic E-state index is 13.4. The first-order valence-electron chi connectivity index (χ1n) is 13.5. The fraction of sp³-hybridized carbons (Fsp3) is 0.182. The van der Waals surface area contributed by atoms with Gasteiger partial charge in [-0.25, -0.2) is 9.78 Å². The number of fused-ring (bicyclic) bond motifs is 1. The zero-order valence-corrected chi connectivity index (χ0v) is 24.2. The van der Waals surface area contributed by atoms with E-state index < -0.39 is 5.97 Å². The normalized spacial score (nSPS) is 11.7. The third-order valence-corrected chi connectivity index (χ3v) is 7.36. The van der Waals surface area contributed by atoms with Gasteiger partial charge in [0.25, 0.3) is 5.91 Å². The van der Waals surface area contributed by atoms with Gasteiger partial charge in [0.2, 0.25) is 0 Å². The first kappa shape index (κ1) is 28.7. The van der Waals surface area contributed by atoms with E-state index in [-0.39, 0.29) is 23.1 Å². The van der Waals surface area contributed by atoms with Crippen LogP contribution in [-0.2, 0) is 0 Å². The molecule has 5 rings (SSSR count). The van der Waals surface area contributed by atoms with E-state index in [1.165, 1.54) is 6.07 Å². The largest absolute Gasteiger partial charge is 0.497 e. The maximum atomic E-state index is 13.4. The molecule has 0 fully saturated rings. The third-order valence-electron chi connectivity index (χ3n) is 7.13. The van der Waals surface area contributed by atoms with Crippen molar-refractivity contribution in [1.82, 2.24) is 15.3 Å². The number of imidazole rings is 1. The number of hydrogen-bond donors (Lipinski definition) is 3. The molecule has 1 amide bonds. The SMILES string of the molecule is CCCC(NC(=O)c1ccc(-c2cc(Cl)ccc2-c2nc3cc(OC)ccc3[nH]2)c(C(=O)O)c1)c1ccccc1OC. The zero-order chi connectivity index (χ0) is 29.8. The molecule has 0 aliphatic rings. The number of nitrogens with one attached hydrogen (secondary N) is 2. The van der Waals surface area contributed by atoms with Crippen LogP contribution in [0.15, 0.2) is 78.9 Å². The van der Waals surface area contributed by atoms with Crippen LogP contribution in [0, 0.1) is 0 Å². The first-order valence-corrected chi connectivity index (χ1v) is 13.9. The highest BCUT2D eigenvalue weighted by Crippen LogP contribution is 2.37. The number of carboxylic acids is 1. The summed E-state index contributed by atoms with van der Waals surface area (Å²) in [6, 6.07) is 22.6. The molecule has 214 valence electrons. The van der Waals surface area contributed by atoms with Crippen LogP contribution >= 0.6 is 11.6 Å². The molecule has 0 aliphatic heterocycles. The smallest absolute Gasteiger partial charge is 0.336 e. The number of amides is 1. The first-order chi connectivity index (χ1) is 20.3. The maximum Gasteiger partial charge on any atom is 0.336 e. The quantitative estimate of drug-likeness (QED) is 0.156. The van der Waals surface area contributed by atoms with Crippen molar-refractivity contribution in [3.8, 4) is 34.0 Å². The molecule has 0 aliphatic carbocycles. The van der Waals surface area contributed by atoms with Gasteiger partial charge in [0.1, 0.15) is 17.3 Å². The van der Waals surface area contributed by atoms with Crippen LogP contribution in [0.2, 0.25) is 5.02 Å². The monoisotopic (exact) mass is 583 g/mol. The second-order valence-corrected chi connectivity index (χ2v) is 10.2. The Bertz CT molecular complexity index is 1780. The van der Waals surface area contributed by atoms with E-state index in [9.17, 15) is 14.7 Å². The Morgan fingerprint density at radius 2 is 1.74 bits per heavy atom. The van der Waals surface area contributed by atoms with Gasteiger partial charge in [-0.15, -0.1) is 0 Å². The molecule has 0 spiro atoms. The van der Waals surface area contributed by atoms with Gasteiger partial charge in [-0.05, 0) is 66.1 Å². The van der Waals surface area contributed by atoms with Crippen molar-refractivity contribution in [1.29, 1.82) is 0 Å². The summed E-state index contributed by atoms with van der Waals surface area (Å²) in [6.07, 6.45) is 1.51. The highest BCUT2D eigenvalue weighted by atomic mass is 35.5. The van der Waals surface area contributed by atoms with E-state index in [0.717, 1.165) is 17.5 Å². The van der Waals surface area contributed by atoms with Crippen LogP contribution in [0.5, 0.6) is 11.5 Å². The number of halogens is 1. The molecule has 1 atom stereocenters. The number of carboxylic acid groups (broad SMARTS) is 1. The van der Waals surface area contributed by atoms with E-state index in [1.54, 1.807) is 44.6 Å². The molecule has 42 heavy (non-hydrogen) atoms. The van der Waals surface area contributed by atoms with Crippen molar-refractivity contribution in [2.75, 3.05) is 14.2 Å². The molecule has 5 aromatic rings. The number of H-pyrrole nitrogens is 1. The van der Waals surface area contributed by atoms with Crippen LogP contribution in [0.25, 0.3) is 33.5 Å². The lowest BCUT2D eigenvalue weighted by Crippen LogP contribution is -2.29. The number of methoxy groups -OCH3 is 2. The molecule has 1 heterocycles. The van der Waals surface area contributed by atoms with E-state index in [4.69, 9.17) is 26.1 Å². The van der Waals surface area contributed by atoms with Crippen LogP contribution in [0.1, 0.15) is 52.1 Å². The van der Waals surface area contributed by atoms with E-state index in [0.29, 0.717) is 51.0 Å². The Hall–Kier alpha value is -4.82. The van der Waals surface area contributed by atoms with Crippen molar-refractivity contribution >= 4 is 34.5 Å². The Morgan fingerprint density at radius 3 is 2.48 bits per heavy atom. The standard InChI is InChI=1S/C33H30ClN3O5/c1-4-7-27(24-8-5-6-9-30(24)42-3)37-32(38)19-10-13-22(26(16-19)33(39)40)25-17-20(34)11-14-23(25)31-35-28-15-12-21(41-2)18-29(28)36-31/h5-6,8-18,27H,4,7H2,1-3H3,(H,35,36)(H,37,38)(H,39,40). The number of carbonyl (C=O) groups is 2. The summed E-state index contributed by atoms with van der Waals surface area (Å²) in [5.74, 6) is 0.337. The number of para-hydroxylation sites is 1. The molecule has 0 radical (unpaired) electrons. The predicted octanol–water partition coefficient (Wildman–Crippen LogP) is 7.54. The Labute approximate surface area is 248 Å². The van der Waals surface area contributed by atoms with Gasteiger partial charge < -0.3 is 24.9 Å². The number of aromatic nitrogens is 2. The van der Waals surface area contributed by atoms with Crippen molar-refractivity contribution in [3.63, 3.8) is 0 Å². The zero-order valence-electron chi connectivity index (χ0n) is 23.4. The average molecular weight is 584 g/mol. The fourth-order valence-corrected chi connectivity index (χ4v) is 5.25. The molecule has 1 aromatic heterocycles. The van der Waals surface area contributed by atoms with Gasteiger partial charge in [-0.3, -0.25) is 4.79 Å². The van der Waals surface area contributed by atoms with Crippen LogP contribution in [-0.4, -0.2) is 41.2 Å². The molecule has 4 aromatic carbocycles. The van der Waals surface area contributed by atoms with Crippen molar-refractivity contribution < 1.29 is 24.2 Å². The Kier molecular flexibility index (Phi) is 8.45. The molecule has 0 saturated carbocycles. The van der Waals surface area contributed by atoms with Gasteiger partial charge in [-0.1, -0.05) is 49.2 Å². The molecule has 0 bridgehead atoms. The Morgan fingerprint density at radius 1 is 0.952 bits per heavy atom. The summed E-state index contributed by atoms with van der Waals surface area (Å²) in [6.45, 7) is 2.03. The highest BCUT2D eigenvalue weighted by Gasteiger charge is 2.22. The van der Waals surface area contributed by atoms with E-state index in [2.05, 4.69) is 10.3 Å². The van der Waals surface area contributed by atoms with E-state index in [1.807, 2.05) is 49.4 Å². The number of rotatable bonds is 10. The van der Waals surface area contributed by atoms with Crippen molar-refractivity contribution in [2.45, 2.75) is 25.8 Å². The van der Waals surface area contributed by atoms with Gasteiger partial charge >= 0.3 is 5.97 Å². The topological polar surface area (TPSA) is 114 Å². The summed E-state index contributed by atoms with van der Waals surface area (Å²) in [4.78, 5) is 34.0. The number of aromatic amines is 1. The summed E-state index contributed by atoms with van der Waals surface area (Å²) in [5.41, 5.74) is 4.19. The van der Waals surface area contributed by atoms with Crippen LogP contribution in [0.3, 0.4) is 0 Å². The molecule has 3 N–H and O–H groups in total. The average Bonchev–Trinajstić information content (AvgIpc) is 3.43. The highest BCUT2D eigenvalue weighted by molar-refractivity contribution is 6.31. The number of aromatic carboxylic acids is 1. The summed E-state index contributed by atoms with van der Waals surface area (Å²) >= 11 is 6.39. The van der Waals surface area contributed by atoms with Gasteiger partial charge in [0.15, 0.2) is 0 Å². The molecular formula is C33H30ClN3O5. The second kappa shape index (κ2) is 12.4. The molecular weight excluding hydrogens is 554 g/mol. The lowest BCUT2D eigenvalue weighted by Gasteiger charge is -2.21. The lowest BCUT2D eigenvalue weighted by molar-refractivity contribution is 0.0697. The van der Waals surface area contributed by atoms with Crippen LogP contribution in [0.4, 0.5) is 0 Å². The number of carbonyl (C=O) groups excluding carboxylic acids is 1. The second-order valence-electron chi connectivity index (χ2n) is 9.78. The minimum atomic E-state index is -1.17.